The summed E-state index contributed by atoms with van der Waals surface area (Å²) in [5.41, 5.74) is 3.76. The Morgan fingerprint density at radius 3 is 2.33 bits per heavy atom. The van der Waals surface area contributed by atoms with E-state index in [-0.39, 0.29) is 17.9 Å². The van der Waals surface area contributed by atoms with E-state index in [1.165, 1.54) is 17.1 Å². The highest BCUT2D eigenvalue weighted by Gasteiger charge is 2.35. The first-order valence-electron chi connectivity index (χ1n) is 14.0. The summed E-state index contributed by atoms with van der Waals surface area (Å²) in [7, 11) is 0. The monoisotopic (exact) mass is 545 g/mol. The number of benzene rings is 3. The number of rotatable bonds is 6. The summed E-state index contributed by atoms with van der Waals surface area (Å²) in [6.07, 6.45) is 5.48. The molecule has 6 rings (SSSR count). The van der Waals surface area contributed by atoms with Crippen LogP contribution in [0.5, 0.6) is 5.75 Å². The molecule has 0 aliphatic carbocycles. The minimum Gasteiger partial charge on any atom is -0.490 e. The average molecular weight is 546 g/mol. The largest absolute Gasteiger partial charge is 0.490 e. The van der Waals surface area contributed by atoms with E-state index >= 15 is 0 Å². The zero-order chi connectivity index (χ0) is 27.5. The fourth-order valence-electron chi connectivity index (χ4n) is 5.86. The van der Waals surface area contributed by atoms with Crippen molar-refractivity contribution in [3.8, 4) is 16.9 Å². The van der Waals surface area contributed by atoms with Crippen LogP contribution in [0.15, 0.2) is 71.8 Å². The summed E-state index contributed by atoms with van der Waals surface area (Å²) in [6, 6.07) is 19.6. The molecule has 0 radical (unpaired) electrons. The molecule has 3 aromatic rings. The Bertz CT molecular complexity index is 1360. The lowest BCUT2D eigenvalue weighted by Crippen LogP contribution is -2.41. The summed E-state index contributed by atoms with van der Waals surface area (Å²) in [6.45, 7) is 2.97. The number of halogens is 2. The van der Waals surface area contributed by atoms with Gasteiger partial charge in [-0.05, 0) is 65.9 Å². The lowest BCUT2D eigenvalue weighted by atomic mass is 9.93. The van der Waals surface area contributed by atoms with Gasteiger partial charge in [0.05, 0.1) is 19.3 Å². The number of carbonyl (C=O) groups is 1. The number of hydrazone groups is 1. The molecule has 2 saturated heterocycles. The van der Waals surface area contributed by atoms with Gasteiger partial charge in [0.2, 0.25) is 5.91 Å². The van der Waals surface area contributed by atoms with Gasteiger partial charge in [-0.25, -0.2) is 13.8 Å². The second kappa shape index (κ2) is 11.8. The summed E-state index contributed by atoms with van der Waals surface area (Å²) < 4.78 is 39.3. The van der Waals surface area contributed by atoms with Crippen molar-refractivity contribution in [2.75, 3.05) is 31.2 Å². The van der Waals surface area contributed by atoms with Crippen LogP contribution in [0.2, 0.25) is 0 Å². The number of amides is 1. The molecule has 3 aliphatic heterocycles. The Hall–Kier alpha value is -3.78. The molecular weight excluding hydrogens is 512 g/mol. The van der Waals surface area contributed by atoms with Crippen LogP contribution < -0.4 is 9.64 Å². The molecule has 0 spiro atoms. The maximum atomic E-state index is 13.8. The van der Waals surface area contributed by atoms with Crippen LogP contribution in [0, 0.1) is 17.6 Å². The van der Waals surface area contributed by atoms with Crippen molar-refractivity contribution in [2.24, 2.45) is 11.0 Å². The number of hydrogen-bond acceptors (Lipinski definition) is 5. The number of carbonyl (C=O) groups excluding carboxylic acids is 1. The van der Waals surface area contributed by atoms with E-state index in [9.17, 15) is 13.6 Å². The molecule has 1 unspecified atom stereocenters. The van der Waals surface area contributed by atoms with Crippen LogP contribution in [-0.2, 0) is 9.53 Å². The topological polar surface area (TPSA) is 54.4 Å². The van der Waals surface area contributed by atoms with Crippen LogP contribution >= 0.6 is 0 Å². The number of nitrogens with zero attached hydrogens (tertiary/aromatic N) is 3. The zero-order valence-corrected chi connectivity index (χ0v) is 22.3. The standard InChI is InChI=1S/C32H33F2N3O3/c33-26-17-25(18-27(34)21-26)31-7-12-35-37(31)32(38)22-8-13-36(14-9-22)28-5-1-3-23(19-28)24-4-2-6-30(20-24)40-29-10-15-39-16-11-29/h1-6,12,17-22,29,31H,7-11,13-16H2. The Balaban J connectivity index is 1.09. The smallest absolute Gasteiger partial charge is 0.246 e. The maximum absolute atomic E-state index is 13.8. The van der Waals surface area contributed by atoms with Gasteiger partial charge in [0.1, 0.15) is 23.5 Å². The quantitative estimate of drug-likeness (QED) is 0.362. The van der Waals surface area contributed by atoms with Gasteiger partial charge in [-0.2, -0.15) is 5.10 Å². The molecule has 3 aliphatic rings. The highest BCUT2D eigenvalue weighted by molar-refractivity contribution is 5.82. The van der Waals surface area contributed by atoms with Crippen LogP contribution in [0.3, 0.4) is 0 Å². The summed E-state index contributed by atoms with van der Waals surface area (Å²) in [5.74, 6) is -0.697. The molecule has 40 heavy (non-hydrogen) atoms. The van der Waals surface area contributed by atoms with Crippen LogP contribution in [-0.4, -0.2) is 49.5 Å². The molecule has 0 bridgehead atoms. The third-order valence-corrected chi connectivity index (χ3v) is 8.02. The number of hydrogen-bond donors (Lipinski definition) is 0. The fraction of sp³-hybridized carbons (Fsp3) is 0.375. The third kappa shape index (κ3) is 5.87. The maximum Gasteiger partial charge on any atom is 0.246 e. The highest BCUT2D eigenvalue weighted by atomic mass is 19.1. The van der Waals surface area contributed by atoms with E-state index in [1.807, 2.05) is 12.1 Å². The lowest BCUT2D eigenvalue weighted by molar-refractivity contribution is -0.138. The molecule has 6 nitrogen and oxygen atoms in total. The zero-order valence-electron chi connectivity index (χ0n) is 22.3. The van der Waals surface area contributed by atoms with Gasteiger partial charge in [-0.15, -0.1) is 0 Å². The molecule has 8 heteroatoms. The first-order chi connectivity index (χ1) is 19.5. The van der Waals surface area contributed by atoms with E-state index < -0.39 is 17.7 Å². The number of ether oxygens (including phenoxy) is 2. The average Bonchev–Trinajstić information content (AvgIpc) is 3.48. The predicted molar refractivity (Wildman–Crippen MR) is 150 cm³/mol. The fourth-order valence-corrected chi connectivity index (χ4v) is 5.86. The van der Waals surface area contributed by atoms with Crippen molar-refractivity contribution in [3.05, 3.63) is 83.9 Å². The van der Waals surface area contributed by atoms with Crippen molar-refractivity contribution in [2.45, 2.75) is 44.2 Å². The Morgan fingerprint density at radius 2 is 1.57 bits per heavy atom. The molecule has 1 atom stereocenters. The summed E-state index contributed by atoms with van der Waals surface area (Å²) in [4.78, 5) is 15.7. The molecule has 0 aromatic heterocycles. The number of anilines is 1. The summed E-state index contributed by atoms with van der Waals surface area (Å²) in [5, 5.41) is 5.70. The van der Waals surface area contributed by atoms with Gasteiger partial charge >= 0.3 is 0 Å². The van der Waals surface area contributed by atoms with Gasteiger partial charge in [-0.1, -0.05) is 24.3 Å². The van der Waals surface area contributed by atoms with Gasteiger partial charge < -0.3 is 14.4 Å². The van der Waals surface area contributed by atoms with Crippen LogP contribution in [0.1, 0.15) is 43.7 Å². The second-order valence-electron chi connectivity index (χ2n) is 10.7. The molecular formula is C32H33F2N3O3. The SMILES string of the molecule is O=C(C1CCN(c2cccc(-c3cccc(OC4CCOCC4)c3)c2)CC1)N1N=CCC1c1cc(F)cc(F)c1. The van der Waals surface area contributed by atoms with E-state index in [2.05, 4.69) is 46.4 Å². The van der Waals surface area contributed by atoms with Gasteiger partial charge in [0, 0.05) is 56.2 Å². The third-order valence-electron chi connectivity index (χ3n) is 8.02. The molecule has 1 amide bonds. The molecule has 0 N–H and O–H groups in total. The Kier molecular flexibility index (Phi) is 7.77. The van der Waals surface area contributed by atoms with Gasteiger partial charge in [0.15, 0.2) is 0 Å². The molecule has 208 valence electrons. The van der Waals surface area contributed by atoms with E-state index in [0.717, 1.165) is 67.8 Å². The van der Waals surface area contributed by atoms with Gasteiger partial charge in [0.25, 0.3) is 0 Å². The predicted octanol–water partition coefficient (Wildman–Crippen LogP) is 6.37. The van der Waals surface area contributed by atoms with Crippen molar-refractivity contribution in [1.29, 1.82) is 0 Å². The van der Waals surface area contributed by atoms with Crippen molar-refractivity contribution in [3.63, 3.8) is 0 Å². The van der Waals surface area contributed by atoms with E-state index in [1.54, 1.807) is 6.21 Å². The lowest BCUT2D eigenvalue weighted by Gasteiger charge is -2.35. The molecule has 3 heterocycles. The molecule has 0 saturated carbocycles. The number of piperidine rings is 1. The molecule has 3 aromatic carbocycles. The molecule has 2 fully saturated rings. The first-order valence-corrected chi connectivity index (χ1v) is 14.0. The van der Waals surface area contributed by atoms with Crippen molar-refractivity contribution in [1.82, 2.24) is 5.01 Å². The van der Waals surface area contributed by atoms with E-state index in [0.29, 0.717) is 24.8 Å². The second-order valence-corrected chi connectivity index (χ2v) is 10.7. The first kappa shape index (κ1) is 26.4. The van der Waals surface area contributed by atoms with Crippen molar-refractivity contribution >= 4 is 17.8 Å². The minimum absolute atomic E-state index is 0.0850. The van der Waals surface area contributed by atoms with Crippen LogP contribution in [0.4, 0.5) is 14.5 Å². The normalized spacial score (nSPS) is 20.2. The Morgan fingerprint density at radius 1 is 0.875 bits per heavy atom. The minimum atomic E-state index is -0.650. The van der Waals surface area contributed by atoms with E-state index in [4.69, 9.17) is 9.47 Å². The summed E-state index contributed by atoms with van der Waals surface area (Å²) >= 11 is 0. The van der Waals surface area contributed by atoms with Gasteiger partial charge in [-0.3, -0.25) is 4.79 Å². The van der Waals surface area contributed by atoms with Crippen LogP contribution in [0.25, 0.3) is 11.1 Å². The Labute approximate surface area is 233 Å². The van der Waals surface area contributed by atoms with Crippen molar-refractivity contribution < 1.29 is 23.0 Å². The highest BCUT2D eigenvalue weighted by Crippen LogP contribution is 2.34.